The molecule has 0 bridgehead atoms. The number of carbonyl (C=O) groups excluding carboxylic acids is 1. The summed E-state index contributed by atoms with van der Waals surface area (Å²) in [5.74, 6) is -1.40. The van der Waals surface area contributed by atoms with Crippen LogP contribution < -0.4 is 0 Å². The van der Waals surface area contributed by atoms with E-state index in [1.54, 1.807) is 19.1 Å². The summed E-state index contributed by atoms with van der Waals surface area (Å²) in [4.78, 5) is 28.5. The Morgan fingerprint density at radius 3 is 2.58 bits per heavy atom. The van der Waals surface area contributed by atoms with E-state index in [1.165, 1.54) is 12.0 Å². The smallest absolute Gasteiger partial charge is 0.323 e. The molecule has 6 heteroatoms. The Bertz CT molecular complexity index is 474. The van der Waals surface area contributed by atoms with Crippen molar-refractivity contribution in [2.75, 3.05) is 26.8 Å². The largest absolute Gasteiger partial charge is 0.480 e. The highest BCUT2D eigenvalue weighted by Crippen LogP contribution is 2.10. The van der Waals surface area contributed by atoms with Gasteiger partial charge in [-0.3, -0.25) is 14.6 Å². The molecule has 6 nitrogen and oxygen atoms in total. The molecule has 19 heavy (non-hydrogen) atoms. The van der Waals surface area contributed by atoms with E-state index in [0.717, 1.165) is 5.69 Å². The number of aromatic nitrogens is 1. The van der Waals surface area contributed by atoms with Gasteiger partial charge in [0.05, 0.1) is 17.9 Å². The average molecular weight is 266 g/mol. The van der Waals surface area contributed by atoms with Crippen LogP contribution in [0.3, 0.4) is 0 Å². The minimum Gasteiger partial charge on any atom is -0.480 e. The quantitative estimate of drug-likeness (QED) is 0.826. The van der Waals surface area contributed by atoms with Crippen molar-refractivity contribution in [2.24, 2.45) is 0 Å². The lowest BCUT2D eigenvalue weighted by Gasteiger charge is -2.21. The average Bonchev–Trinajstić information content (AvgIpc) is 2.33. The summed E-state index contributed by atoms with van der Waals surface area (Å²) < 4.78 is 4.89. The molecule has 0 radical (unpaired) electrons. The number of aliphatic carboxylic acids is 1. The Hall–Kier alpha value is -1.95. The number of amides is 1. The van der Waals surface area contributed by atoms with Crippen LogP contribution in [0.4, 0.5) is 0 Å². The van der Waals surface area contributed by atoms with Gasteiger partial charge >= 0.3 is 5.97 Å². The van der Waals surface area contributed by atoms with E-state index in [2.05, 4.69) is 4.98 Å². The molecule has 104 valence electrons. The minimum absolute atomic E-state index is 0.231. The van der Waals surface area contributed by atoms with Gasteiger partial charge in [0.25, 0.3) is 5.91 Å². The summed E-state index contributed by atoms with van der Waals surface area (Å²) >= 11 is 0. The molecule has 0 saturated carbocycles. The number of methoxy groups -OCH3 is 1. The Morgan fingerprint density at radius 1 is 1.37 bits per heavy atom. The normalized spacial score (nSPS) is 10.3. The van der Waals surface area contributed by atoms with Crippen molar-refractivity contribution in [3.05, 3.63) is 29.1 Å². The Balaban J connectivity index is 2.93. The van der Waals surface area contributed by atoms with Crippen molar-refractivity contribution >= 4 is 11.9 Å². The highest BCUT2D eigenvalue weighted by atomic mass is 16.5. The highest BCUT2D eigenvalue weighted by molar-refractivity contribution is 5.96. The van der Waals surface area contributed by atoms with Gasteiger partial charge in [0.15, 0.2) is 0 Å². The van der Waals surface area contributed by atoms with E-state index < -0.39 is 5.97 Å². The van der Waals surface area contributed by atoms with Crippen LogP contribution in [0.2, 0.25) is 0 Å². The van der Waals surface area contributed by atoms with Crippen LogP contribution >= 0.6 is 0 Å². The number of hydrogen-bond acceptors (Lipinski definition) is 4. The van der Waals surface area contributed by atoms with Crippen molar-refractivity contribution < 1.29 is 19.4 Å². The number of rotatable bonds is 6. The molecule has 0 atom stereocenters. The molecule has 0 aliphatic carbocycles. The van der Waals surface area contributed by atoms with Crippen LogP contribution in [0, 0.1) is 13.8 Å². The van der Waals surface area contributed by atoms with E-state index in [1.807, 2.05) is 6.92 Å². The zero-order valence-corrected chi connectivity index (χ0v) is 11.3. The zero-order valence-electron chi connectivity index (χ0n) is 11.3. The fraction of sp³-hybridized carbons (Fsp3) is 0.462. The Labute approximate surface area is 112 Å². The molecular weight excluding hydrogens is 248 g/mol. The molecule has 1 aromatic rings. The van der Waals surface area contributed by atoms with Crippen LogP contribution in [0.15, 0.2) is 12.1 Å². The van der Waals surface area contributed by atoms with Crippen molar-refractivity contribution in [1.29, 1.82) is 0 Å². The van der Waals surface area contributed by atoms with Crippen LogP contribution in [0.5, 0.6) is 0 Å². The van der Waals surface area contributed by atoms with Gasteiger partial charge < -0.3 is 14.7 Å². The zero-order chi connectivity index (χ0) is 14.4. The first-order valence-corrected chi connectivity index (χ1v) is 5.90. The lowest BCUT2D eigenvalue weighted by atomic mass is 10.1. The Kier molecular flexibility index (Phi) is 5.44. The monoisotopic (exact) mass is 266 g/mol. The SMILES string of the molecule is COCCN(CC(=O)O)C(=O)c1ccc(C)nc1C. The topological polar surface area (TPSA) is 79.7 Å². The third-order valence-electron chi connectivity index (χ3n) is 2.63. The van der Waals surface area contributed by atoms with Crippen LogP contribution in [0.25, 0.3) is 0 Å². The van der Waals surface area contributed by atoms with Crippen molar-refractivity contribution in [1.82, 2.24) is 9.88 Å². The standard InChI is InChI=1S/C13H18N2O4/c1-9-4-5-11(10(2)14-9)13(18)15(6-7-19-3)8-12(16)17/h4-5H,6-8H2,1-3H3,(H,16,17). The van der Waals surface area contributed by atoms with E-state index >= 15 is 0 Å². The lowest BCUT2D eigenvalue weighted by molar-refractivity contribution is -0.137. The van der Waals surface area contributed by atoms with Crippen LogP contribution in [-0.4, -0.2) is 53.7 Å². The van der Waals surface area contributed by atoms with Gasteiger partial charge in [0.1, 0.15) is 6.54 Å². The summed E-state index contributed by atoms with van der Waals surface area (Å²) in [5.41, 5.74) is 1.83. The molecule has 0 aliphatic rings. The number of carboxylic acid groups (broad SMARTS) is 1. The molecular formula is C13H18N2O4. The van der Waals surface area contributed by atoms with Crippen LogP contribution in [-0.2, 0) is 9.53 Å². The number of ether oxygens (including phenoxy) is 1. The maximum atomic E-state index is 12.3. The summed E-state index contributed by atoms with van der Waals surface area (Å²) in [6.45, 7) is 3.73. The highest BCUT2D eigenvalue weighted by Gasteiger charge is 2.20. The molecule has 0 fully saturated rings. The van der Waals surface area contributed by atoms with Gasteiger partial charge in [0.2, 0.25) is 0 Å². The van der Waals surface area contributed by atoms with Gasteiger partial charge in [-0.15, -0.1) is 0 Å². The number of carboxylic acids is 1. The summed E-state index contributed by atoms with van der Waals surface area (Å²) in [7, 11) is 1.50. The number of nitrogens with zero attached hydrogens (tertiary/aromatic N) is 2. The molecule has 0 saturated heterocycles. The first-order valence-electron chi connectivity index (χ1n) is 5.90. The third-order valence-corrected chi connectivity index (χ3v) is 2.63. The fourth-order valence-corrected chi connectivity index (χ4v) is 1.70. The molecule has 1 N–H and O–H groups in total. The van der Waals surface area contributed by atoms with E-state index in [4.69, 9.17) is 9.84 Å². The minimum atomic E-state index is -1.05. The van der Waals surface area contributed by atoms with Crippen molar-refractivity contribution in [2.45, 2.75) is 13.8 Å². The van der Waals surface area contributed by atoms with E-state index in [-0.39, 0.29) is 25.6 Å². The predicted octanol–water partition coefficient (Wildman–Crippen LogP) is 0.872. The van der Waals surface area contributed by atoms with Gasteiger partial charge in [-0.1, -0.05) is 0 Å². The van der Waals surface area contributed by atoms with Crippen molar-refractivity contribution in [3.8, 4) is 0 Å². The fourth-order valence-electron chi connectivity index (χ4n) is 1.70. The Morgan fingerprint density at radius 2 is 2.05 bits per heavy atom. The van der Waals surface area contributed by atoms with Gasteiger partial charge in [-0.25, -0.2) is 0 Å². The predicted molar refractivity (Wildman–Crippen MR) is 69.1 cm³/mol. The van der Waals surface area contributed by atoms with Crippen molar-refractivity contribution in [3.63, 3.8) is 0 Å². The van der Waals surface area contributed by atoms with E-state index in [9.17, 15) is 9.59 Å². The summed E-state index contributed by atoms with van der Waals surface area (Å²) in [6.07, 6.45) is 0. The molecule has 1 heterocycles. The molecule has 0 spiro atoms. The maximum absolute atomic E-state index is 12.3. The molecule has 0 aromatic carbocycles. The van der Waals surface area contributed by atoms with Gasteiger partial charge in [0, 0.05) is 19.3 Å². The third kappa shape index (κ3) is 4.33. The summed E-state index contributed by atoms with van der Waals surface area (Å²) in [5, 5.41) is 8.84. The molecule has 0 aliphatic heterocycles. The lowest BCUT2D eigenvalue weighted by Crippen LogP contribution is -2.38. The molecule has 1 aromatic heterocycles. The number of carbonyl (C=O) groups is 2. The number of aryl methyl sites for hydroxylation is 2. The first-order chi connectivity index (χ1) is 8.95. The molecule has 1 rings (SSSR count). The maximum Gasteiger partial charge on any atom is 0.323 e. The van der Waals surface area contributed by atoms with Crippen LogP contribution in [0.1, 0.15) is 21.7 Å². The van der Waals surface area contributed by atoms with Gasteiger partial charge in [-0.05, 0) is 26.0 Å². The summed E-state index contributed by atoms with van der Waals surface area (Å²) in [6, 6.07) is 3.40. The second-order valence-corrected chi connectivity index (χ2v) is 4.20. The molecule has 0 unspecified atom stereocenters. The van der Waals surface area contributed by atoms with E-state index in [0.29, 0.717) is 11.3 Å². The molecule has 1 amide bonds. The second-order valence-electron chi connectivity index (χ2n) is 4.20. The second kappa shape index (κ2) is 6.84. The number of hydrogen-bond donors (Lipinski definition) is 1. The van der Waals surface area contributed by atoms with Gasteiger partial charge in [-0.2, -0.15) is 0 Å². The first kappa shape index (κ1) is 15.1. The number of pyridine rings is 1.